The molecule has 2 atom stereocenters. The van der Waals surface area contributed by atoms with Crippen LogP contribution in [0.1, 0.15) is 40.0 Å². The number of imide groups is 2. The highest BCUT2D eigenvalue weighted by molar-refractivity contribution is 6.08. The van der Waals surface area contributed by atoms with Gasteiger partial charge < -0.3 is 15.4 Å². The molecule has 0 bridgehead atoms. The number of unbranched alkanes of at least 4 members (excludes halogenated alkanes) is 1. The number of esters is 1. The lowest BCUT2D eigenvalue weighted by Gasteiger charge is -2.21. The van der Waals surface area contributed by atoms with Crippen molar-refractivity contribution in [2.45, 2.75) is 51.7 Å². The number of ether oxygens (including phenoxy) is 1. The highest BCUT2D eigenvalue weighted by Gasteiger charge is 2.48. The first-order valence-electron chi connectivity index (χ1n) is 8.62. The van der Waals surface area contributed by atoms with Crippen molar-refractivity contribution in [1.29, 1.82) is 0 Å². The van der Waals surface area contributed by atoms with Crippen LogP contribution in [0.3, 0.4) is 0 Å². The fourth-order valence-corrected chi connectivity index (χ4v) is 2.91. The lowest BCUT2D eigenvalue weighted by atomic mass is 9.95. The zero-order chi connectivity index (χ0) is 19.5. The summed E-state index contributed by atoms with van der Waals surface area (Å²) < 4.78 is 5.00. The average Bonchev–Trinajstić information content (AvgIpc) is 3.09. The first kappa shape index (κ1) is 19.7. The Labute approximate surface area is 151 Å². The summed E-state index contributed by atoms with van der Waals surface area (Å²) in [5, 5.41) is 5.07. The SMILES string of the molecule is CCCC[C@@]1(C)NC(=O)N(CC(=O)O[C@@H](C)C(=O)N2CCNC2=O)C1=O. The molecule has 0 radical (unpaired) electrons. The molecule has 0 aromatic rings. The summed E-state index contributed by atoms with van der Waals surface area (Å²) in [7, 11) is 0. The minimum absolute atomic E-state index is 0.197. The number of nitrogens with one attached hydrogen (secondary N) is 2. The van der Waals surface area contributed by atoms with Crippen LogP contribution in [-0.2, 0) is 19.1 Å². The number of amides is 6. The summed E-state index contributed by atoms with van der Waals surface area (Å²) in [4.78, 5) is 61.9. The van der Waals surface area contributed by atoms with E-state index < -0.39 is 48.0 Å². The number of hydrogen-bond acceptors (Lipinski definition) is 6. The minimum atomic E-state index is -1.20. The van der Waals surface area contributed by atoms with E-state index in [1.54, 1.807) is 6.92 Å². The van der Waals surface area contributed by atoms with Crippen LogP contribution < -0.4 is 10.6 Å². The van der Waals surface area contributed by atoms with Gasteiger partial charge in [-0.25, -0.2) is 9.59 Å². The second kappa shape index (κ2) is 7.71. The Kier molecular flexibility index (Phi) is 5.83. The standard InChI is InChI=1S/C16H24N4O6/c1-4-5-6-16(3)13(23)20(15(25)18-16)9-11(21)26-10(2)12(22)19-8-7-17-14(19)24/h10H,4-9H2,1-3H3,(H,17,24)(H,18,25)/t10-,16+/m0/s1. The van der Waals surface area contributed by atoms with Crippen LogP contribution >= 0.6 is 0 Å². The van der Waals surface area contributed by atoms with Gasteiger partial charge in [-0.15, -0.1) is 0 Å². The fraction of sp³-hybridized carbons (Fsp3) is 0.688. The van der Waals surface area contributed by atoms with Crippen LogP contribution in [0, 0.1) is 0 Å². The molecule has 0 spiro atoms. The van der Waals surface area contributed by atoms with Crippen molar-refractivity contribution in [2.75, 3.05) is 19.6 Å². The molecule has 2 saturated heterocycles. The number of carbonyl (C=O) groups excluding carboxylic acids is 5. The zero-order valence-corrected chi connectivity index (χ0v) is 15.2. The molecule has 10 nitrogen and oxygen atoms in total. The van der Waals surface area contributed by atoms with Crippen LogP contribution in [0.4, 0.5) is 9.59 Å². The van der Waals surface area contributed by atoms with Gasteiger partial charge in [-0.2, -0.15) is 0 Å². The van der Waals surface area contributed by atoms with Crippen molar-refractivity contribution in [2.24, 2.45) is 0 Å². The molecule has 0 saturated carbocycles. The normalized spacial score (nSPS) is 23.7. The maximum Gasteiger partial charge on any atom is 0.327 e. The van der Waals surface area contributed by atoms with E-state index in [0.29, 0.717) is 13.0 Å². The highest BCUT2D eigenvalue weighted by atomic mass is 16.5. The molecule has 144 valence electrons. The Balaban J connectivity index is 1.92. The summed E-state index contributed by atoms with van der Waals surface area (Å²) in [6.07, 6.45) is 0.895. The van der Waals surface area contributed by atoms with Crippen molar-refractivity contribution < 1.29 is 28.7 Å². The van der Waals surface area contributed by atoms with Crippen LogP contribution in [0.25, 0.3) is 0 Å². The maximum absolute atomic E-state index is 12.5. The predicted molar refractivity (Wildman–Crippen MR) is 88.8 cm³/mol. The van der Waals surface area contributed by atoms with Gasteiger partial charge in [0, 0.05) is 13.1 Å². The molecule has 2 aliphatic heterocycles. The molecule has 2 rings (SSSR count). The molecule has 2 heterocycles. The molecule has 0 unspecified atom stereocenters. The smallest absolute Gasteiger partial charge is 0.327 e. The monoisotopic (exact) mass is 368 g/mol. The van der Waals surface area contributed by atoms with Crippen LogP contribution in [-0.4, -0.2) is 70.9 Å². The number of urea groups is 2. The van der Waals surface area contributed by atoms with Crippen molar-refractivity contribution in [1.82, 2.24) is 20.4 Å². The van der Waals surface area contributed by atoms with E-state index in [1.165, 1.54) is 6.92 Å². The largest absolute Gasteiger partial charge is 0.451 e. The van der Waals surface area contributed by atoms with Crippen LogP contribution in [0.5, 0.6) is 0 Å². The molecule has 2 N–H and O–H groups in total. The molecular formula is C16H24N4O6. The second-order valence-corrected chi connectivity index (χ2v) is 6.61. The lowest BCUT2D eigenvalue weighted by Crippen LogP contribution is -2.45. The first-order valence-corrected chi connectivity index (χ1v) is 8.62. The van der Waals surface area contributed by atoms with Gasteiger partial charge in [-0.05, 0) is 20.3 Å². The van der Waals surface area contributed by atoms with E-state index >= 15 is 0 Å². The molecule has 2 aliphatic rings. The Morgan fingerprint density at radius 1 is 1.27 bits per heavy atom. The van der Waals surface area contributed by atoms with Gasteiger partial charge in [0.1, 0.15) is 12.1 Å². The summed E-state index contributed by atoms with van der Waals surface area (Å²) in [5.74, 6) is -2.04. The van der Waals surface area contributed by atoms with Gasteiger partial charge in [0.15, 0.2) is 6.10 Å². The molecule has 2 fully saturated rings. The van der Waals surface area contributed by atoms with E-state index in [0.717, 1.165) is 22.6 Å². The van der Waals surface area contributed by atoms with Crippen molar-refractivity contribution >= 4 is 29.8 Å². The van der Waals surface area contributed by atoms with E-state index in [1.807, 2.05) is 6.92 Å². The summed E-state index contributed by atoms with van der Waals surface area (Å²) in [6, 6.07) is -1.21. The summed E-state index contributed by atoms with van der Waals surface area (Å²) in [6.45, 7) is 4.87. The average molecular weight is 368 g/mol. The fourth-order valence-electron chi connectivity index (χ4n) is 2.91. The van der Waals surface area contributed by atoms with Gasteiger partial charge in [-0.1, -0.05) is 19.8 Å². The van der Waals surface area contributed by atoms with Crippen molar-refractivity contribution in [3.8, 4) is 0 Å². The van der Waals surface area contributed by atoms with Crippen LogP contribution in [0.15, 0.2) is 0 Å². The zero-order valence-electron chi connectivity index (χ0n) is 15.2. The Morgan fingerprint density at radius 3 is 2.54 bits per heavy atom. The quantitative estimate of drug-likeness (QED) is 0.480. The predicted octanol–water partition coefficient (Wildman–Crippen LogP) is -0.0294. The molecule has 0 aliphatic carbocycles. The second-order valence-electron chi connectivity index (χ2n) is 6.61. The van der Waals surface area contributed by atoms with Gasteiger partial charge in [0.25, 0.3) is 11.8 Å². The van der Waals surface area contributed by atoms with Crippen molar-refractivity contribution in [3.05, 3.63) is 0 Å². The molecule has 10 heteroatoms. The van der Waals surface area contributed by atoms with Crippen LogP contribution in [0.2, 0.25) is 0 Å². The number of carbonyl (C=O) groups is 5. The third-order valence-electron chi connectivity index (χ3n) is 4.44. The number of rotatable bonds is 7. The number of hydrogen-bond donors (Lipinski definition) is 2. The molecule has 0 aromatic carbocycles. The summed E-state index contributed by atoms with van der Waals surface area (Å²) >= 11 is 0. The van der Waals surface area contributed by atoms with E-state index in [2.05, 4.69) is 10.6 Å². The van der Waals surface area contributed by atoms with Gasteiger partial charge in [0.05, 0.1) is 0 Å². The molecule has 0 aromatic heterocycles. The Bertz CT molecular complexity index is 636. The maximum atomic E-state index is 12.5. The lowest BCUT2D eigenvalue weighted by molar-refractivity contribution is -0.159. The van der Waals surface area contributed by atoms with E-state index in [9.17, 15) is 24.0 Å². The minimum Gasteiger partial charge on any atom is -0.451 e. The topological polar surface area (TPSA) is 125 Å². The van der Waals surface area contributed by atoms with Gasteiger partial charge in [0.2, 0.25) is 0 Å². The third kappa shape index (κ3) is 3.94. The Morgan fingerprint density at radius 2 is 1.96 bits per heavy atom. The van der Waals surface area contributed by atoms with Gasteiger partial charge in [-0.3, -0.25) is 24.2 Å². The van der Waals surface area contributed by atoms with E-state index in [4.69, 9.17) is 4.74 Å². The summed E-state index contributed by atoms with van der Waals surface area (Å²) in [5.41, 5.74) is -1.04. The van der Waals surface area contributed by atoms with Crippen molar-refractivity contribution in [3.63, 3.8) is 0 Å². The molecule has 6 amide bonds. The highest BCUT2D eigenvalue weighted by Crippen LogP contribution is 2.23. The molecule has 26 heavy (non-hydrogen) atoms. The third-order valence-corrected chi connectivity index (χ3v) is 4.44. The van der Waals surface area contributed by atoms with Gasteiger partial charge >= 0.3 is 18.0 Å². The Hall–Kier alpha value is -2.65. The molecular weight excluding hydrogens is 344 g/mol. The first-order chi connectivity index (χ1) is 12.2. The van der Waals surface area contributed by atoms with E-state index in [-0.39, 0.29) is 6.54 Å². The number of nitrogens with zero attached hydrogens (tertiary/aromatic N) is 2.